The van der Waals surface area contributed by atoms with Gasteiger partial charge in [0.15, 0.2) is 0 Å². The van der Waals surface area contributed by atoms with E-state index in [1.165, 1.54) is 5.75 Å². The van der Waals surface area contributed by atoms with Crippen LogP contribution in [0, 0.1) is 0 Å². The Balaban J connectivity index is 1.55. The van der Waals surface area contributed by atoms with Crippen molar-refractivity contribution in [3.05, 3.63) is 24.0 Å². The first kappa shape index (κ1) is 15.1. The molecule has 3 heterocycles. The van der Waals surface area contributed by atoms with Crippen molar-refractivity contribution in [3.63, 3.8) is 0 Å². The summed E-state index contributed by atoms with van der Waals surface area (Å²) in [6.07, 6.45) is 5.26. The largest absolute Gasteiger partial charge is 0.489 e. The molecule has 2 unspecified atom stereocenters. The molecule has 0 bridgehead atoms. The Bertz CT molecular complexity index is 446. The lowest BCUT2D eigenvalue weighted by molar-refractivity contribution is -0.0959. The van der Waals surface area contributed by atoms with Gasteiger partial charge in [0.2, 0.25) is 0 Å². The molecule has 1 spiro atoms. The van der Waals surface area contributed by atoms with Crippen LogP contribution in [0.15, 0.2) is 18.3 Å². The van der Waals surface area contributed by atoms with E-state index in [0.29, 0.717) is 0 Å². The molecule has 2 fully saturated rings. The zero-order valence-corrected chi connectivity index (χ0v) is 13.5. The van der Waals surface area contributed by atoms with Crippen LogP contribution >= 0.6 is 11.8 Å². The summed E-state index contributed by atoms with van der Waals surface area (Å²) >= 11 is 2.00. The number of thioether (sulfide) groups is 1. The lowest BCUT2D eigenvalue weighted by atomic mass is 9.91. The van der Waals surface area contributed by atoms with Crippen LogP contribution in [-0.2, 0) is 11.3 Å². The summed E-state index contributed by atoms with van der Waals surface area (Å²) in [5.74, 6) is 3.21. The molecule has 2 aliphatic rings. The number of hydrogen-bond acceptors (Lipinski definition) is 5. The van der Waals surface area contributed by atoms with Crippen LogP contribution in [0.25, 0.3) is 0 Å². The van der Waals surface area contributed by atoms with Gasteiger partial charge in [-0.2, -0.15) is 11.8 Å². The minimum absolute atomic E-state index is 0.0754. The maximum Gasteiger partial charge on any atom is 0.138 e. The number of ether oxygens (including phenoxy) is 2. The molecule has 2 aliphatic heterocycles. The molecule has 4 nitrogen and oxygen atoms in total. The first-order chi connectivity index (χ1) is 10.3. The highest BCUT2D eigenvalue weighted by atomic mass is 32.2. The first-order valence-electron chi connectivity index (χ1n) is 7.84. The molecule has 0 saturated carbocycles. The van der Waals surface area contributed by atoms with Gasteiger partial charge < -0.3 is 14.8 Å². The summed E-state index contributed by atoms with van der Waals surface area (Å²) in [6, 6.07) is 4.07. The van der Waals surface area contributed by atoms with E-state index in [1.807, 2.05) is 30.1 Å². The molecule has 2 atom stereocenters. The fourth-order valence-corrected chi connectivity index (χ4v) is 4.36. The molecule has 0 amide bonds. The predicted octanol–water partition coefficient (Wildman–Crippen LogP) is 2.62. The highest BCUT2D eigenvalue weighted by Gasteiger charge is 2.41. The quantitative estimate of drug-likeness (QED) is 0.906. The summed E-state index contributed by atoms with van der Waals surface area (Å²) in [4.78, 5) is 4.45. The van der Waals surface area contributed by atoms with Gasteiger partial charge in [-0.3, -0.25) is 4.98 Å². The van der Waals surface area contributed by atoms with E-state index in [2.05, 4.69) is 17.2 Å². The fraction of sp³-hybridized carbons (Fsp3) is 0.688. The number of aromatic nitrogens is 1. The van der Waals surface area contributed by atoms with Gasteiger partial charge in [0, 0.05) is 25.1 Å². The molecule has 3 rings (SSSR count). The first-order valence-corrected chi connectivity index (χ1v) is 8.99. The highest BCUT2D eigenvalue weighted by Crippen LogP contribution is 2.39. The summed E-state index contributed by atoms with van der Waals surface area (Å²) in [5, 5.41) is 3.28. The number of hydrogen-bond donors (Lipinski definition) is 1. The van der Waals surface area contributed by atoms with E-state index in [4.69, 9.17) is 9.47 Å². The SMILES string of the molecule is CCNCc1ccc(OC2CCOC3(CCSC3)C2)cn1. The second-order valence-corrected chi connectivity index (χ2v) is 6.94. The lowest BCUT2D eigenvalue weighted by Crippen LogP contribution is -2.43. The van der Waals surface area contributed by atoms with Gasteiger partial charge in [-0.05, 0) is 30.9 Å². The summed E-state index contributed by atoms with van der Waals surface area (Å²) in [6.45, 7) is 4.69. The minimum atomic E-state index is 0.0754. The van der Waals surface area contributed by atoms with Crippen LogP contribution in [0.5, 0.6) is 5.75 Å². The van der Waals surface area contributed by atoms with Crippen LogP contribution in [0.4, 0.5) is 0 Å². The zero-order chi connectivity index (χ0) is 14.5. The average Bonchev–Trinajstić information content (AvgIpc) is 2.94. The van der Waals surface area contributed by atoms with Gasteiger partial charge in [-0.15, -0.1) is 0 Å². The van der Waals surface area contributed by atoms with E-state index >= 15 is 0 Å². The van der Waals surface area contributed by atoms with Gasteiger partial charge >= 0.3 is 0 Å². The molecule has 0 aliphatic carbocycles. The zero-order valence-electron chi connectivity index (χ0n) is 12.6. The van der Waals surface area contributed by atoms with Crippen molar-refractivity contribution in [2.45, 2.75) is 44.4 Å². The molecule has 21 heavy (non-hydrogen) atoms. The highest BCUT2D eigenvalue weighted by molar-refractivity contribution is 7.99. The Morgan fingerprint density at radius 1 is 1.52 bits per heavy atom. The number of nitrogens with zero attached hydrogens (tertiary/aromatic N) is 1. The van der Waals surface area contributed by atoms with Crippen LogP contribution in [0.2, 0.25) is 0 Å². The van der Waals surface area contributed by atoms with Gasteiger partial charge in [0.25, 0.3) is 0 Å². The second kappa shape index (κ2) is 6.99. The Morgan fingerprint density at radius 3 is 3.19 bits per heavy atom. The Hall–Kier alpha value is -0.780. The van der Waals surface area contributed by atoms with Crippen molar-refractivity contribution in [1.29, 1.82) is 0 Å². The molecule has 1 aromatic heterocycles. The predicted molar refractivity (Wildman–Crippen MR) is 85.9 cm³/mol. The van der Waals surface area contributed by atoms with Gasteiger partial charge in [0.05, 0.1) is 24.1 Å². The van der Waals surface area contributed by atoms with Gasteiger partial charge in [-0.1, -0.05) is 6.92 Å². The fourth-order valence-electron chi connectivity index (χ4n) is 2.98. The maximum absolute atomic E-state index is 6.13. The van der Waals surface area contributed by atoms with E-state index in [-0.39, 0.29) is 11.7 Å². The summed E-state index contributed by atoms with van der Waals surface area (Å²) < 4.78 is 12.2. The van der Waals surface area contributed by atoms with Crippen molar-refractivity contribution in [2.24, 2.45) is 0 Å². The van der Waals surface area contributed by atoms with Crippen LogP contribution in [-0.4, -0.2) is 41.3 Å². The van der Waals surface area contributed by atoms with Crippen LogP contribution < -0.4 is 10.1 Å². The average molecular weight is 308 g/mol. The van der Waals surface area contributed by atoms with Gasteiger partial charge in [0.1, 0.15) is 11.9 Å². The Labute approximate surface area is 131 Å². The molecule has 2 saturated heterocycles. The third-order valence-corrected chi connectivity index (χ3v) is 5.39. The van der Waals surface area contributed by atoms with Gasteiger partial charge in [-0.25, -0.2) is 0 Å². The maximum atomic E-state index is 6.13. The molecule has 1 aromatic rings. The van der Waals surface area contributed by atoms with Crippen LogP contribution in [0.3, 0.4) is 0 Å². The minimum Gasteiger partial charge on any atom is -0.489 e. The normalized spacial score (nSPS) is 28.9. The smallest absolute Gasteiger partial charge is 0.138 e. The van der Waals surface area contributed by atoms with E-state index in [1.54, 1.807) is 0 Å². The lowest BCUT2D eigenvalue weighted by Gasteiger charge is -2.37. The van der Waals surface area contributed by atoms with E-state index < -0.39 is 0 Å². The van der Waals surface area contributed by atoms with Crippen molar-refractivity contribution in [1.82, 2.24) is 10.3 Å². The van der Waals surface area contributed by atoms with Crippen molar-refractivity contribution in [3.8, 4) is 5.75 Å². The van der Waals surface area contributed by atoms with E-state index in [0.717, 1.165) is 56.2 Å². The summed E-state index contributed by atoms with van der Waals surface area (Å²) in [5.41, 5.74) is 1.13. The van der Waals surface area contributed by atoms with Crippen LogP contribution in [0.1, 0.15) is 31.9 Å². The standard InChI is InChI=1S/C16H24N2O2S/c1-2-17-10-13-3-4-15(11-18-13)20-14-5-7-19-16(9-14)6-8-21-12-16/h3-4,11,14,17H,2,5-10,12H2,1H3. The molecular formula is C16H24N2O2S. The second-order valence-electron chi connectivity index (χ2n) is 5.83. The molecule has 1 N–H and O–H groups in total. The number of nitrogens with one attached hydrogen (secondary N) is 1. The molecular weight excluding hydrogens is 284 g/mol. The monoisotopic (exact) mass is 308 g/mol. The Kier molecular flexibility index (Phi) is 5.03. The molecule has 0 aromatic carbocycles. The van der Waals surface area contributed by atoms with Crippen molar-refractivity contribution >= 4 is 11.8 Å². The van der Waals surface area contributed by atoms with E-state index in [9.17, 15) is 0 Å². The molecule has 0 radical (unpaired) electrons. The third kappa shape index (κ3) is 3.90. The molecule has 5 heteroatoms. The molecule has 116 valence electrons. The third-order valence-electron chi connectivity index (χ3n) is 4.17. The topological polar surface area (TPSA) is 43.4 Å². The number of rotatable bonds is 5. The van der Waals surface area contributed by atoms with Crippen molar-refractivity contribution < 1.29 is 9.47 Å². The summed E-state index contributed by atoms with van der Waals surface area (Å²) in [7, 11) is 0. The number of pyridine rings is 1. The van der Waals surface area contributed by atoms with Crippen molar-refractivity contribution in [2.75, 3.05) is 24.7 Å². The Morgan fingerprint density at radius 2 is 2.48 bits per heavy atom.